The first-order chi connectivity index (χ1) is 5.39. The Balaban J connectivity index is 3.67. The largest absolute Gasteiger partial charge is 0.313 e. The van der Waals surface area contributed by atoms with Crippen molar-refractivity contribution in [1.82, 2.24) is 5.32 Å². The summed E-state index contributed by atoms with van der Waals surface area (Å²) in [6.45, 7) is 14.8. The molecule has 0 aromatic heterocycles. The molecule has 0 radical (unpaired) electrons. The predicted octanol–water partition coefficient (Wildman–Crippen LogP) is 3.06. The van der Waals surface area contributed by atoms with Gasteiger partial charge in [0.25, 0.3) is 0 Å². The molecule has 0 fully saturated rings. The van der Waals surface area contributed by atoms with Gasteiger partial charge in [-0.05, 0) is 24.7 Å². The zero-order chi connectivity index (χ0) is 9.78. The Morgan fingerprint density at radius 2 is 1.67 bits per heavy atom. The Bertz CT molecular complexity index is 116. The van der Waals surface area contributed by atoms with Gasteiger partial charge in [-0.25, -0.2) is 0 Å². The fraction of sp³-hybridized carbons (Fsp3) is 1.00. The first-order valence-corrected chi connectivity index (χ1v) is 5.12. The lowest BCUT2D eigenvalue weighted by Gasteiger charge is -2.27. The van der Waals surface area contributed by atoms with Crippen molar-refractivity contribution in [3.05, 3.63) is 0 Å². The van der Waals surface area contributed by atoms with Gasteiger partial charge in [-0.15, -0.1) is 0 Å². The van der Waals surface area contributed by atoms with E-state index < -0.39 is 0 Å². The van der Waals surface area contributed by atoms with E-state index in [1.54, 1.807) is 0 Å². The van der Waals surface area contributed by atoms with E-state index in [1.807, 2.05) is 0 Å². The van der Waals surface area contributed by atoms with Gasteiger partial charge in [0.2, 0.25) is 0 Å². The Kier molecular flexibility index (Phi) is 4.84. The van der Waals surface area contributed by atoms with Gasteiger partial charge >= 0.3 is 0 Å². The maximum absolute atomic E-state index is 3.57. The van der Waals surface area contributed by atoms with Gasteiger partial charge in [0.05, 0.1) is 0 Å². The third-order valence-corrected chi connectivity index (χ3v) is 2.86. The average Bonchev–Trinajstić information content (AvgIpc) is 2.00. The van der Waals surface area contributed by atoms with E-state index >= 15 is 0 Å². The number of hydrogen-bond acceptors (Lipinski definition) is 1. The first-order valence-electron chi connectivity index (χ1n) is 5.12. The van der Waals surface area contributed by atoms with Crippen molar-refractivity contribution in [3.63, 3.8) is 0 Å². The summed E-state index contributed by atoms with van der Waals surface area (Å²) in [4.78, 5) is 0. The molecule has 0 saturated heterocycles. The van der Waals surface area contributed by atoms with Crippen molar-refractivity contribution in [1.29, 1.82) is 0 Å². The Morgan fingerprint density at radius 1 is 1.17 bits per heavy atom. The summed E-state index contributed by atoms with van der Waals surface area (Å²) in [5, 5.41) is 3.57. The van der Waals surface area contributed by atoms with Crippen LogP contribution in [0, 0.1) is 11.3 Å². The topological polar surface area (TPSA) is 12.0 Å². The van der Waals surface area contributed by atoms with Crippen LogP contribution < -0.4 is 5.32 Å². The van der Waals surface area contributed by atoms with Gasteiger partial charge in [0, 0.05) is 12.6 Å². The normalized spacial score (nSPS) is 15.2. The van der Waals surface area contributed by atoms with Gasteiger partial charge < -0.3 is 5.32 Å². The van der Waals surface area contributed by atoms with Gasteiger partial charge in [0.15, 0.2) is 0 Å². The van der Waals surface area contributed by atoms with E-state index in [-0.39, 0.29) is 0 Å². The summed E-state index contributed by atoms with van der Waals surface area (Å²) in [6, 6.07) is 0.635. The Hall–Kier alpha value is -0.0400. The van der Waals surface area contributed by atoms with Crippen molar-refractivity contribution in [3.8, 4) is 0 Å². The Morgan fingerprint density at radius 3 is 2.00 bits per heavy atom. The molecule has 0 aliphatic rings. The molecule has 0 amide bonds. The lowest BCUT2D eigenvalue weighted by Crippen LogP contribution is -2.37. The third-order valence-electron chi connectivity index (χ3n) is 2.86. The van der Waals surface area contributed by atoms with Gasteiger partial charge in [0.1, 0.15) is 0 Å². The van der Waals surface area contributed by atoms with Crippen LogP contribution in [-0.2, 0) is 0 Å². The van der Waals surface area contributed by atoms with E-state index in [1.165, 1.54) is 6.42 Å². The molecule has 1 atom stereocenters. The van der Waals surface area contributed by atoms with E-state index in [0.717, 1.165) is 12.5 Å². The minimum absolute atomic E-state index is 0.448. The second-order valence-electron chi connectivity index (χ2n) is 4.93. The van der Waals surface area contributed by atoms with Crippen molar-refractivity contribution in [2.45, 2.75) is 54.0 Å². The van der Waals surface area contributed by atoms with Crippen molar-refractivity contribution in [2.75, 3.05) is 6.54 Å². The third kappa shape index (κ3) is 4.76. The molecule has 0 aromatic carbocycles. The van der Waals surface area contributed by atoms with E-state index in [0.29, 0.717) is 11.5 Å². The van der Waals surface area contributed by atoms with E-state index in [9.17, 15) is 0 Å². The number of hydrogen-bond donors (Lipinski definition) is 1. The van der Waals surface area contributed by atoms with Crippen LogP contribution in [0.25, 0.3) is 0 Å². The summed E-state index contributed by atoms with van der Waals surface area (Å²) in [5.74, 6) is 0.734. The highest BCUT2D eigenvalue weighted by Crippen LogP contribution is 2.18. The van der Waals surface area contributed by atoms with E-state index in [4.69, 9.17) is 0 Å². The SMILES string of the molecule is CCC(C)(C)CNC(C)C(C)C. The predicted molar refractivity (Wildman–Crippen MR) is 56.4 cm³/mol. The highest BCUT2D eigenvalue weighted by Gasteiger charge is 2.16. The summed E-state index contributed by atoms with van der Waals surface area (Å²) in [6.07, 6.45) is 1.24. The molecule has 0 rings (SSSR count). The van der Waals surface area contributed by atoms with Crippen LogP contribution in [-0.4, -0.2) is 12.6 Å². The van der Waals surface area contributed by atoms with Crippen LogP contribution >= 0.6 is 0 Å². The second kappa shape index (κ2) is 4.86. The summed E-state index contributed by atoms with van der Waals surface area (Å²) < 4.78 is 0. The van der Waals surface area contributed by atoms with Crippen LogP contribution in [0.2, 0.25) is 0 Å². The highest BCUT2D eigenvalue weighted by atomic mass is 14.9. The smallest absolute Gasteiger partial charge is 0.00619 e. The fourth-order valence-electron chi connectivity index (χ4n) is 0.798. The van der Waals surface area contributed by atoms with Crippen molar-refractivity contribution in [2.24, 2.45) is 11.3 Å². The van der Waals surface area contributed by atoms with Gasteiger partial charge in [-0.3, -0.25) is 0 Å². The monoisotopic (exact) mass is 171 g/mol. The molecule has 1 N–H and O–H groups in total. The molecule has 0 spiro atoms. The maximum Gasteiger partial charge on any atom is 0.00619 e. The van der Waals surface area contributed by atoms with Crippen molar-refractivity contribution < 1.29 is 0 Å². The molecule has 12 heavy (non-hydrogen) atoms. The molecular formula is C11H25N. The van der Waals surface area contributed by atoms with Gasteiger partial charge in [-0.1, -0.05) is 34.6 Å². The van der Waals surface area contributed by atoms with Crippen LogP contribution in [0.3, 0.4) is 0 Å². The lowest BCUT2D eigenvalue weighted by atomic mass is 9.89. The number of rotatable bonds is 5. The zero-order valence-corrected chi connectivity index (χ0v) is 9.57. The number of nitrogens with one attached hydrogen (secondary N) is 1. The molecule has 1 unspecified atom stereocenters. The molecule has 0 bridgehead atoms. The standard InChI is InChI=1S/C11H25N/c1-7-11(5,6)8-12-10(4)9(2)3/h9-10,12H,7-8H2,1-6H3. The highest BCUT2D eigenvalue weighted by molar-refractivity contribution is 4.73. The first kappa shape index (κ1) is 12.0. The zero-order valence-electron chi connectivity index (χ0n) is 9.57. The molecule has 1 heteroatoms. The summed E-state index contributed by atoms with van der Waals surface area (Å²) >= 11 is 0. The lowest BCUT2D eigenvalue weighted by molar-refractivity contribution is 0.293. The molecule has 1 nitrogen and oxygen atoms in total. The maximum atomic E-state index is 3.57. The van der Waals surface area contributed by atoms with Crippen LogP contribution in [0.1, 0.15) is 48.0 Å². The molecule has 0 heterocycles. The molecule has 0 aliphatic carbocycles. The fourth-order valence-corrected chi connectivity index (χ4v) is 0.798. The van der Waals surface area contributed by atoms with Crippen LogP contribution in [0.5, 0.6) is 0 Å². The molecule has 74 valence electrons. The van der Waals surface area contributed by atoms with Crippen molar-refractivity contribution >= 4 is 0 Å². The van der Waals surface area contributed by atoms with Crippen LogP contribution in [0.4, 0.5) is 0 Å². The minimum atomic E-state index is 0.448. The van der Waals surface area contributed by atoms with E-state index in [2.05, 4.69) is 46.9 Å². The Labute approximate surface area is 77.9 Å². The average molecular weight is 171 g/mol. The summed E-state index contributed by atoms with van der Waals surface area (Å²) in [7, 11) is 0. The summed E-state index contributed by atoms with van der Waals surface area (Å²) in [5.41, 5.74) is 0.448. The molecular weight excluding hydrogens is 146 g/mol. The van der Waals surface area contributed by atoms with Gasteiger partial charge in [-0.2, -0.15) is 0 Å². The minimum Gasteiger partial charge on any atom is -0.313 e. The molecule has 0 aliphatic heterocycles. The second-order valence-corrected chi connectivity index (χ2v) is 4.93. The van der Waals surface area contributed by atoms with Crippen LogP contribution in [0.15, 0.2) is 0 Å². The molecule has 0 aromatic rings. The molecule has 0 saturated carbocycles. The quantitative estimate of drug-likeness (QED) is 0.670.